The molecule has 1 aliphatic rings. The molecule has 3 rings (SSSR count). The Kier molecular flexibility index (Phi) is 7.60. The normalized spacial score (nSPS) is 16.7. The van der Waals surface area contributed by atoms with Gasteiger partial charge in [0, 0.05) is 31.8 Å². The topological polar surface area (TPSA) is 87.7 Å². The van der Waals surface area contributed by atoms with Crippen LogP contribution in [0.2, 0.25) is 0 Å². The first-order chi connectivity index (χ1) is 14.3. The molecular formula is C22H29N3O4S. The molecule has 7 nitrogen and oxygen atoms in total. The van der Waals surface area contributed by atoms with Crippen LogP contribution in [0.3, 0.4) is 0 Å². The van der Waals surface area contributed by atoms with Crippen molar-refractivity contribution < 1.29 is 17.9 Å². The van der Waals surface area contributed by atoms with Gasteiger partial charge in [-0.2, -0.15) is 0 Å². The van der Waals surface area contributed by atoms with Gasteiger partial charge in [-0.15, -0.1) is 0 Å². The Morgan fingerprint density at radius 2 is 1.80 bits per heavy atom. The van der Waals surface area contributed by atoms with Crippen molar-refractivity contribution in [2.45, 2.75) is 36.9 Å². The molecule has 1 heterocycles. The van der Waals surface area contributed by atoms with Crippen molar-refractivity contribution in [2.75, 3.05) is 27.2 Å². The molecule has 2 aromatic carbocycles. The Morgan fingerprint density at radius 3 is 2.43 bits per heavy atom. The van der Waals surface area contributed by atoms with E-state index < -0.39 is 10.0 Å². The Morgan fingerprint density at radius 1 is 1.10 bits per heavy atom. The number of nitrogens with one attached hydrogen (secondary N) is 2. The van der Waals surface area contributed by atoms with E-state index in [4.69, 9.17) is 4.74 Å². The molecule has 1 saturated heterocycles. The van der Waals surface area contributed by atoms with Gasteiger partial charge in [-0.25, -0.2) is 13.1 Å². The zero-order chi connectivity index (χ0) is 21.6. The standard InChI is InChI=1S/C22H29N3O4S/c1-25(2)16-19-7-4-3-6-18(19)14-23-22(26)17-9-11-21(12-10-17)30(27,28)24-15-20-8-5-13-29-20/h3-4,6-7,9-12,20,24H,5,8,13-16H2,1-2H3,(H,23,26). The molecular weight excluding hydrogens is 402 g/mol. The second kappa shape index (κ2) is 10.2. The van der Waals surface area contributed by atoms with Gasteiger partial charge in [-0.3, -0.25) is 4.79 Å². The van der Waals surface area contributed by atoms with E-state index >= 15 is 0 Å². The monoisotopic (exact) mass is 431 g/mol. The summed E-state index contributed by atoms with van der Waals surface area (Å²) in [5, 5.41) is 2.91. The van der Waals surface area contributed by atoms with Crippen molar-refractivity contribution >= 4 is 15.9 Å². The quantitative estimate of drug-likeness (QED) is 0.635. The van der Waals surface area contributed by atoms with Crippen LogP contribution in [-0.2, 0) is 27.8 Å². The smallest absolute Gasteiger partial charge is 0.251 e. The minimum Gasteiger partial charge on any atom is -0.377 e. The highest BCUT2D eigenvalue weighted by Crippen LogP contribution is 2.15. The fraction of sp³-hybridized carbons (Fsp3) is 0.409. The molecule has 162 valence electrons. The van der Waals surface area contributed by atoms with Crippen LogP contribution in [-0.4, -0.2) is 52.6 Å². The van der Waals surface area contributed by atoms with Crippen molar-refractivity contribution in [2.24, 2.45) is 0 Å². The third kappa shape index (κ3) is 6.12. The molecule has 1 amide bonds. The van der Waals surface area contributed by atoms with Crippen LogP contribution in [0.15, 0.2) is 53.4 Å². The van der Waals surface area contributed by atoms with Crippen LogP contribution in [0, 0.1) is 0 Å². The van der Waals surface area contributed by atoms with Gasteiger partial charge in [-0.1, -0.05) is 24.3 Å². The number of amides is 1. The maximum atomic E-state index is 12.5. The molecule has 0 saturated carbocycles. The van der Waals surface area contributed by atoms with Crippen LogP contribution in [0.25, 0.3) is 0 Å². The summed E-state index contributed by atoms with van der Waals surface area (Å²) in [5.41, 5.74) is 2.62. The van der Waals surface area contributed by atoms with E-state index in [1.807, 2.05) is 38.4 Å². The summed E-state index contributed by atoms with van der Waals surface area (Å²) >= 11 is 0. The fourth-order valence-electron chi connectivity index (χ4n) is 3.38. The van der Waals surface area contributed by atoms with Gasteiger partial charge >= 0.3 is 0 Å². The molecule has 1 fully saturated rings. The van der Waals surface area contributed by atoms with Gasteiger partial charge in [0.1, 0.15) is 0 Å². The maximum absolute atomic E-state index is 12.5. The SMILES string of the molecule is CN(C)Cc1ccccc1CNC(=O)c1ccc(S(=O)(=O)NCC2CCCO2)cc1. The van der Waals surface area contributed by atoms with Crippen molar-refractivity contribution in [3.63, 3.8) is 0 Å². The number of benzene rings is 2. The number of nitrogens with zero attached hydrogens (tertiary/aromatic N) is 1. The second-order valence-electron chi connectivity index (χ2n) is 7.70. The number of sulfonamides is 1. The first-order valence-electron chi connectivity index (χ1n) is 10.1. The Balaban J connectivity index is 1.58. The first-order valence-corrected chi connectivity index (χ1v) is 11.5. The molecule has 0 bridgehead atoms. The molecule has 0 aromatic heterocycles. The van der Waals surface area contributed by atoms with Gasteiger partial charge in [0.15, 0.2) is 0 Å². The van der Waals surface area contributed by atoms with Gasteiger partial charge < -0.3 is 15.0 Å². The van der Waals surface area contributed by atoms with E-state index in [9.17, 15) is 13.2 Å². The van der Waals surface area contributed by atoms with E-state index in [1.54, 1.807) is 0 Å². The molecule has 1 aliphatic heterocycles. The fourth-order valence-corrected chi connectivity index (χ4v) is 4.45. The molecule has 1 atom stereocenters. The van der Waals surface area contributed by atoms with Crippen LogP contribution < -0.4 is 10.0 Å². The summed E-state index contributed by atoms with van der Waals surface area (Å²) in [4.78, 5) is 14.7. The number of hydrogen-bond acceptors (Lipinski definition) is 5. The molecule has 0 aliphatic carbocycles. The summed E-state index contributed by atoms with van der Waals surface area (Å²) in [6.07, 6.45) is 1.75. The van der Waals surface area contributed by atoms with Gasteiger partial charge in [0.2, 0.25) is 10.0 Å². The molecule has 1 unspecified atom stereocenters. The highest BCUT2D eigenvalue weighted by Gasteiger charge is 2.20. The minimum absolute atomic E-state index is 0.0693. The second-order valence-corrected chi connectivity index (χ2v) is 9.47. The predicted molar refractivity (Wildman–Crippen MR) is 116 cm³/mol. The zero-order valence-electron chi connectivity index (χ0n) is 17.4. The molecule has 2 aromatic rings. The number of hydrogen-bond donors (Lipinski definition) is 2. The molecule has 8 heteroatoms. The highest BCUT2D eigenvalue weighted by atomic mass is 32.2. The number of rotatable bonds is 9. The van der Waals surface area contributed by atoms with Gasteiger partial charge in [-0.05, 0) is 62.3 Å². The summed E-state index contributed by atoms with van der Waals surface area (Å²) in [6, 6.07) is 13.9. The Hall–Kier alpha value is -2.26. The number of ether oxygens (including phenoxy) is 1. The highest BCUT2D eigenvalue weighted by molar-refractivity contribution is 7.89. The van der Waals surface area contributed by atoms with E-state index in [2.05, 4.69) is 14.9 Å². The van der Waals surface area contributed by atoms with Crippen molar-refractivity contribution in [3.8, 4) is 0 Å². The Bertz CT molecular complexity index is 953. The third-order valence-corrected chi connectivity index (χ3v) is 6.44. The van der Waals surface area contributed by atoms with Crippen LogP contribution >= 0.6 is 0 Å². The lowest BCUT2D eigenvalue weighted by Gasteiger charge is -2.15. The maximum Gasteiger partial charge on any atom is 0.251 e. The third-order valence-electron chi connectivity index (χ3n) is 5.00. The number of carbonyl (C=O) groups excluding carboxylic acids is 1. The predicted octanol–water partition coefficient (Wildman–Crippen LogP) is 2.14. The average molecular weight is 432 g/mol. The van der Waals surface area contributed by atoms with Crippen LogP contribution in [0.1, 0.15) is 34.3 Å². The number of carbonyl (C=O) groups is 1. The van der Waals surface area contributed by atoms with Crippen molar-refractivity contribution in [1.82, 2.24) is 14.9 Å². The van der Waals surface area contributed by atoms with E-state index in [0.717, 1.165) is 30.5 Å². The van der Waals surface area contributed by atoms with Gasteiger partial charge in [0.25, 0.3) is 5.91 Å². The summed E-state index contributed by atoms with van der Waals surface area (Å²) in [7, 11) is 0.372. The average Bonchev–Trinajstić information content (AvgIpc) is 3.25. The lowest BCUT2D eigenvalue weighted by molar-refractivity contribution is 0.0950. The zero-order valence-corrected chi connectivity index (χ0v) is 18.2. The molecule has 2 N–H and O–H groups in total. The largest absolute Gasteiger partial charge is 0.377 e. The van der Waals surface area contributed by atoms with Crippen LogP contribution in [0.4, 0.5) is 0 Å². The molecule has 0 spiro atoms. The van der Waals surface area contributed by atoms with E-state index in [-0.39, 0.29) is 23.5 Å². The summed E-state index contributed by atoms with van der Waals surface area (Å²) < 4.78 is 32.9. The van der Waals surface area contributed by atoms with E-state index in [0.29, 0.717) is 18.7 Å². The molecule has 30 heavy (non-hydrogen) atoms. The van der Waals surface area contributed by atoms with Crippen molar-refractivity contribution in [3.05, 3.63) is 65.2 Å². The lowest BCUT2D eigenvalue weighted by atomic mass is 10.1. The van der Waals surface area contributed by atoms with Gasteiger partial charge in [0.05, 0.1) is 11.0 Å². The lowest BCUT2D eigenvalue weighted by Crippen LogP contribution is -2.31. The van der Waals surface area contributed by atoms with Crippen molar-refractivity contribution in [1.29, 1.82) is 0 Å². The Labute approximate surface area is 178 Å². The molecule has 0 radical (unpaired) electrons. The summed E-state index contributed by atoms with van der Waals surface area (Å²) in [5.74, 6) is -0.245. The minimum atomic E-state index is -3.63. The summed E-state index contributed by atoms with van der Waals surface area (Å²) in [6.45, 7) is 2.14. The van der Waals surface area contributed by atoms with E-state index in [1.165, 1.54) is 24.3 Å². The van der Waals surface area contributed by atoms with Crippen LogP contribution in [0.5, 0.6) is 0 Å². The first kappa shape index (κ1) is 22.4.